The van der Waals surface area contributed by atoms with E-state index in [4.69, 9.17) is 5.73 Å². The Kier molecular flexibility index (Phi) is 2.48. The number of benzene rings is 1. The number of rotatable bonds is 2. The van der Waals surface area contributed by atoms with Crippen LogP contribution in [0.4, 0.5) is 5.82 Å². The van der Waals surface area contributed by atoms with Gasteiger partial charge in [-0.1, -0.05) is 30.3 Å². The Hall–Kier alpha value is -2.43. The van der Waals surface area contributed by atoms with Gasteiger partial charge in [0.1, 0.15) is 17.7 Å². The van der Waals surface area contributed by atoms with Crippen molar-refractivity contribution < 1.29 is 0 Å². The zero-order valence-electron chi connectivity index (χ0n) is 10.9. The second kappa shape index (κ2) is 4.05. The van der Waals surface area contributed by atoms with E-state index in [1.54, 1.807) is 0 Å². The molecule has 3 rings (SSSR count). The molecule has 0 fully saturated rings. The van der Waals surface area contributed by atoms with Crippen molar-refractivity contribution in [3.63, 3.8) is 0 Å². The van der Waals surface area contributed by atoms with E-state index < -0.39 is 0 Å². The highest BCUT2D eigenvalue weighted by Gasteiger charge is 2.27. The Balaban J connectivity index is 2.16. The minimum absolute atomic E-state index is 0.242. The molecule has 0 bridgehead atoms. The number of hydrogen-bond acceptors (Lipinski definition) is 4. The summed E-state index contributed by atoms with van der Waals surface area (Å²) in [6.45, 7) is 4.23. The fourth-order valence-corrected chi connectivity index (χ4v) is 2.13. The molecule has 0 spiro atoms. The second-order valence-electron chi connectivity index (χ2n) is 5.03. The van der Waals surface area contributed by atoms with Crippen LogP contribution in [0.25, 0.3) is 11.2 Å². The van der Waals surface area contributed by atoms with E-state index in [-0.39, 0.29) is 5.41 Å². The van der Waals surface area contributed by atoms with Gasteiger partial charge in [-0.05, 0) is 19.4 Å². The molecule has 0 amide bonds. The molecule has 0 aliphatic rings. The summed E-state index contributed by atoms with van der Waals surface area (Å²) in [5, 5.41) is 0. The van der Waals surface area contributed by atoms with E-state index in [2.05, 4.69) is 45.9 Å². The number of imidazole rings is 1. The SMILES string of the molecule is CC(C)(c1ccccc1)c1nc2ncnc(N)c2[nH]1. The highest BCUT2D eigenvalue weighted by Crippen LogP contribution is 2.30. The van der Waals surface area contributed by atoms with Crippen LogP contribution >= 0.6 is 0 Å². The standard InChI is InChI=1S/C14H15N5/c1-14(2,9-6-4-3-5-7-9)13-18-10-11(15)16-8-17-12(10)19-13/h3-8H,1-2H3,(H3,15,16,17,18,19). The van der Waals surface area contributed by atoms with E-state index in [1.807, 2.05) is 18.2 Å². The quantitative estimate of drug-likeness (QED) is 0.734. The van der Waals surface area contributed by atoms with Crippen molar-refractivity contribution in [2.45, 2.75) is 19.3 Å². The summed E-state index contributed by atoms with van der Waals surface area (Å²) in [4.78, 5) is 15.9. The molecular weight excluding hydrogens is 238 g/mol. The lowest BCUT2D eigenvalue weighted by molar-refractivity contribution is 0.601. The summed E-state index contributed by atoms with van der Waals surface area (Å²) in [5.41, 5.74) is 8.07. The molecule has 19 heavy (non-hydrogen) atoms. The van der Waals surface area contributed by atoms with Crippen molar-refractivity contribution in [2.75, 3.05) is 5.73 Å². The van der Waals surface area contributed by atoms with Crippen LogP contribution in [0.15, 0.2) is 36.7 Å². The Morgan fingerprint density at radius 1 is 1.11 bits per heavy atom. The van der Waals surface area contributed by atoms with Gasteiger partial charge in [-0.15, -0.1) is 0 Å². The van der Waals surface area contributed by atoms with Crippen LogP contribution in [-0.2, 0) is 5.41 Å². The lowest BCUT2D eigenvalue weighted by atomic mass is 9.84. The maximum absolute atomic E-state index is 5.83. The smallest absolute Gasteiger partial charge is 0.183 e. The van der Waals surface area contributed by atoms with Crippen LogP contribution in [0.3, 0.4) is 0 Å². The van der Waals surface area contributed by atoms with E-state index in [0.29, 0.717) is 17.0 Å². The number of nitrogens with zero attached hydrogens (tertiary/aromatic N) is 3. The molecule has 5 nitrogen and oxygen atoms in total. The van der Waals surface area contributed by atoms with Crippen LogP contribution in [0, 0.1) is 0 Å². The summed E-state index contributed by atoms with van der Waals surface area (Å²) >= 11 is 0. The molecule has 3 N–H and O–H groups in total. The molecule has 0 atom stereocenters. The van der Waals surface area contributed by atoms with Crippen LogP contribution in [0.2, 0.25) is 0 Å². The summed E-state index contributed by atoms with van der Waals surface area (Å²) in [5.74, 6) is 1.26. The molecule has 1 aromatic carbocycles. The molecule has 2 heterocycles. The van der Waals surface area contributed by atoms with Gasteiger partial charge in [0.15, 0.2) is 11.5 Å². The number of nitrogen functional groups attached to an aromatic ring is 1. The summed E-state index contributed by atoms with van der Waals surface area (Å²) < 4.78 is 0. The lowest BCUT2D eigenvalue weighted by Gasteiger charge is -2.22. The van der Waals surface area contributed by atoms with Crippen molar-refractivity contribution in [3.05, 3.63) is 48.0 Å². The summed E-state index contributed by atoms with van der Waals surface area (Å²) in [6, 6.07) is 10.2. The topological polar surface area (TPSA) is 80.5 Å². The normalized spacial score (nSPS) is 11.9. The van der Waals surface area contributed by atoms with Gasteiger partial charge in [0.05, 0.1) is 0 Å². The van der Waals surface area contributed by atoms with Crippen molar-refractivity contribution >= 4 is 17.0 Å². The number of aromatic amines is 1. The van der Waals surface area contributed by atoms with Crippen molar-refractivity contribution in [2.24, 2.45) is 0 Å². The first-order valence-electron chi connectivity index (χ1n) is 6.11. The fraction of sp³-hybridized carbons (Fsp3) is 0.214. The molecule has 0 radical (unpaired) electrons. The van der Waals surface area contributed by atoms with Crippen LogP contribution < -0.4 is 5.73 Å². The van der Waals surface area contributed by atoms with E-state index in [9.17, 15) is 0 Å². The minimum Gasteiger partial charge on any atom is -0.382 e. The van der Waals surface area contributed by atoms with Crippen LogP contribution in [0.5, 0.6) is 0 Å². The van der Waals surface area contributed by atoms with Gasteiger partial charge in [-0.25, -0.2) is 15.0 Å². The first-order valence-corrected chi connectivity index (χ1v) is 6.11. The highest BCUT2D eigenvalue weighted by atomic mass is 15.1. The molecule has 0 aliphatic heterocycles. The molecule has 2 aromatic heterocycles. The number of aromatic nitrogens is 4. The first kappa shape index (κ1) is 11.6. The van der Waals surface area contributed by atoms with E-state index in [1.165, 1.54) is 11.9 Å². The maximum Gasteiger partial charge on any atom is 0.183 e. The number of hydrogen-bond donors (Lipinski definition) is 2. The van der Waals surface area contributed by atoms with Gasteiger partial charge in [0.25, 0.3) is 0 Å². The Morgan fingerprint density at radius 2 is 1.84 bits per heavy atom. The third kappa shape index (κ3) is 1.83. The van der Waals surface area contributed by atoms with Crippen molar-refractivity contribution in [1.82, 2.24) is 19.9 Å². The third-order valence-electron chi connectivity index (χ3n) is 3.41. The molecule has 0 unspecified atom stereocenters. The minimum atomic E-state index is -0.242. The number of fused-ring (bicyclic) bond motifs is 1. The molecule has 0 saturated carbocycles. The lowest BCUT2D eigenvalue weighted by Crippen LogP contribution is -2.20. The monoisotopic (exact) mass is 253 g/mol. The van der Waals surface area contributed by atoms with Gasteiger partial charge in [-0.2, -0.15) is 0 Å². The molecule has 0 saturated heterocycles. The number of nitrogens with one attached hydrogen (secondary N) is 1. The zero-order valence-corrected chi connectivity index (χ0v) is 10.9. The second-order valence-corrected chi connectivity index (χ2v) is 5.03. The van der Waals surface area contributed by atoms with Gasteiger partial charge in [0, 0.05) is 5.41 Å². The van der Waals surface area contributed by atoms with E-state index >= 15 is 0 Å². The average Bonchev–Trinajstić information content (AvgIpc) is 2.86. The van der Waals surface area contributed by atoms with Crippen LogP contribution in [-0.4, -0.2) is 19.9 Å². The molecule has 5 heteroatoms. The van der Waals surface area contributed by atoms with E-state index in [0.717, 1.165) is 5.82 Å². The predicted molar refractivity (Wildman–Crippen MR) is 74.7 cm³/mol. The number of H-pyrrole nitrogens is 1. The Labute approximate surface area is 110 Å². The Bertz CT molecular complexity index is 715. The number of nitrogens with two attached hydrogens (primary N) is 1. The van der Waals surface area contributed by atoms with Gasteiger partial charge in [-0.3, -0.25) is 0 Å². The maximum atomic E-state index is 5.83. The van der Waals surface area contributed by atoms with Gasteiger partial charge >= 0.3 is 0 Å². The van der Waals surface area contributed by atoms with Crippen molar-refractivity contribution in [3.8, 4) is 0 Å². The van der Waals surface area contributed by atoms with Crippen LogP contribution in [0.1, 0.15) is 25.2 Å². The summed E-state index contributed by atoms with van der Waals surface area (Å²) in [6.07, 6.45) is 1.43. The largest absolute Gasteiger partial charge is 0.382 e. The first-order chi connectivity index (χ1) is 9.09. The van der Waals surface area contributed by atoms with Crippen molar-refractivity contribution in [1.29, 1.82) is 0 Å². The fourth-order valence-electron chi connectivity index (χ4n) is 2.13. The Morgan fingerprint density at radius 3 is 2.53 bits per heavy atom. The highest BCUT2D eigenvalue weighted by molar-refractivity contribution is 5.81. The molecule has 0 aliphatic carbocycles. The summed E-state index contributed by atoms with van der Waals surface area (Å²) in [7, 11) is 0. The molecule has 96 valence electrons. The number of anilines is 1. The molecule has 3 aromatic rings. The van der Waals surface area contributed by atoms with Gasteiger partial charge in [0.2, 0.25) is 0 Å². The average molecular weight is 253 g/mol. The third-order valence-corrected chi connectivity index (χ3v) is 3.41. The molecular formula is C14H15N5. The van der Waals surface area contributed by atoms with Gasteiger partial charge < -0.3 is 10.7 Å². The predicted octanol–water partition coefficient (Wildman–Crippen LogP) is 2.26. The zero-order chi connectivity index (χ0) is 13.5.